The molecule has 0 saturated heterocycles. The summed E-state index contributed by atoms with van der Waals surface area (Å²) in [6.07, 6.45) is 7.93. The maximum absolute atomic E-state index is 9.13. The first kappa shape index (κ1) is 10.8. The molecule has 3 nitrogen and oxygen atoms in total. The summed E-state index contributed by atoms with van der Waals surface area (Å²) in [5.74, 6) is 0. The van der Waals surface area contributed by atoms with Crippen LogP contribution in [0.2, 0.25) is 5.15 Å². The summed E-state index contributed by atoms with van der Waals surface area (Å²) in [6, 6.07) is 4.30. The first-order chi connectivity index (χ1) is 8.29. The highest BCUT2D eigenvalue weighted by Gasteiger charge is 2.18. The van der Waals surface area contributed by atoms with Gasteiger partial charge >= 0.3 is 0 Å². The van der Waals surface area contributed by atoms with E-state index in [0.717, 1.165) is 29.3 Å². The highest BCUT2D eigenvalue weighted by Crippen LogP contribution is 2.32. The van der Waals surface area contributed by atoms with Crippen LogP contribution in [0.15, 0.2) is 36.2 Å². The second kappa shape index (κ2) is 4.17. The lowest BCUT2D eigenvalue weighted by Gasteiger charge is -2.11. The number of nitrogens with zero attached hydrogens (tertiary/aromatic N) is 2. The van der Waals surface area contributed by atoms with E-state index in [-0.39, 0.29) is 6.61 Å². The van der Waals surface area contributed by atoms with E-state index in [4.69, 9.17) is 16.7 Å². The summed E-state index contributed by atoms with van der Waals surface area (Å²) in [5, 5.41) is 10.7. The topological polar surface area (TPSA) is 38.0 Å². The molecule has 1 aliphatic rings. The van der Waals surface area contributed by atoms with Gasteiger partial charge in [0, 0.05) is 17.8 Å². The van der Waals surface area contributed by atoms with Gasteiger partial charge in [0.05, 0.1) is 18.2 Å². The molecular weight excluding hydrogens is 236 g/mol. The van der Waals surface area contributed by atoms with Crippen LogP contribution in [0.4, 0.5) is 0 Å². The van der Waals surface area contributed by atoms with E-state index in [9.17, 15) is 0 Å². The number of halogens is 1. The molecule has 1 aliphatic carbocycles. The van der Waals surface area contributed by atoms with Crippen molar-refractivity contribution in [3.05, 3.63) is 41.3 Å². The smallest absolute Gasteiger partial charge is 0.138 e. The minimum absolute atomic E-state index is 0.165. The van der Waals surface area contributed by atoms with Crippen LogP contribution >= 0.6 is 11.6 Å². The Kier molecular flexibility index (Phi) is 2.65. The van der Waals surface area contributed by atoms with Crippen molar-refractivity contribution in [3.63, 3.8) is 0 Å². The van der Waals surface area contributed by atoms with Crippen LogP contribution < -0.4 is 0 Å². The SMILES string of the molecule is OCC1=CC(n2ccc3c(Cl)nccc32)CC1. The Bertz CT molecular complexity index is 588. The Labute approximate surface area is 104 Å². The van der Waals surface area contributed by atoms with Crippen molar-refractivity contribution in [1.82, 2.24) is 9.55 Å². The summed E-state index contributed by atoms with van der Waals surface area (Å²) < 4.78 is 2.20. The first-order valence-corrected chi connectivity index (χ1v) is 6.09. The van der Waals surface area contributed by atoms with Crippen molar-refractivity contribution < 1.29 is 5.11 Å². The van der Waals surface area contributed by atoms with Crippen molar-refractivity contribution in [2.45, 2.75) is 18.9 Å². The predicted molar refractivity (Wildman–Crippen MR) is 68.2 cm³/mol. The van der Waals surface area contributed by atoms with Crippen LogP contribution in [-0.4, -0.2) is 21.3 Å². The summed E-state index contributed by atoms with van der Waals surface area (Å²) >= 11 is 6.05. The molecule has 0 bridgehead atoms. The van der Waals surface area contributed by atoms with Gasteiger partial charge < -0.3 is 9.67 Å². The van der Waals surface area contributed by atoms with Crippen LogP contribution in [0, 0.1) is 0 Å². The van der Waals surface area contributed by atoms with E-state index >= 15 is 0 Å². The Balaban J connectivity index is 2.07. The van der Waals surface area contributed by atoms with E-state index < -0.39 is 0 Å². The Hall–Kier alpha value is -1.32. The summed E-state index contributed by atoms with van der Waals surface area (Å²) in [4.78, 5) is 4.08. The second-order valence-corrected chi connectivity index (χ2v) is 4.70. The molecule has 0 saturated carbocycles. The zero-order chi connectivity index (χ0) is 11.8. The van der Waals surface area contributed by atoms with Gasteiger partial charge in [0.2, 0.25) is 0 Å². The minimum Gasteiger partial charge on any atom is -0.392 e. The molecule has 1 N–H and O–H groups in total. The van der Waals surface area contributed by atoms with Gasteiger partial charge in [-0.3, -0.25) is 0 Å². The number of aliphatic hydroxyl groups is 1. The fraction of sp³-hybridized carbons (Fsp3) is 0.308. The number of hydrogen-bond donors (Lipinski definition) is 1. The number of aliphatic hydroxyl groups excluding tert-OH is 1. The van der Waals surface area contributed by atoms with Crippen LogP contribution in [-0.2, 0) is 0 Å². The van der Waals surface area contributed by atoms with Gasteiger partial charge in [-0.2, -0.15) is 0 Å². The van der Waals surface area contributed by atoms with Crippen LogP contribution in [0.1, 0.15) is 18.9 Å². The largest absolute Gasteiger partial charge is 0.392 e. The molecule has 0 fully saturated rings. The van der Waals surface area contributed by atoms with Crippen molar-refractivity contribution in [2.75, 3.05) is 6.61 Å². The zero-order valence-corrected chi connectivity index (χ0v) is 10.1. The molecule has 2 aromatic rings. The van der Waals surface area contributed by atoms with Gasteiger partial charge in [-0.15, -0.1) is 0 Å². The summed E-state index contributed by atoms with van der Waals surface area (Å²) in [5.41, 5.74) is 2.22. The van der Waals surface area contributed by atoms with Crippen LogP contribution in [0.5, 0.6) is 0 Å². The number of pyridine rings is 1. The zero-order valence-electron chi connectivity index (χ0n) is 9.31. The van der Waals surface area contributed by atoms with E-state index in [0.29, 0.717) is 11.2 Å². The monoisotopic (exact) mass is 248 g/mol. The molecule has 0 aromatic carbocycles. The molecule has 0 aliphatic heterocycles. The molecule has 4 heteroatoms. The molecule has 0 radical (unpaired) electrons. The quantitative estimate of drug-likeness (QED) is 0.656. The van der Waals surface area contributed by atoms with Gasteiger partial charge in [-0.1, -0.05) is 17.7 Å². The third-order valence-electron chi connectivity index (χ3n) is 3.35. The number of rotatable bonds is 2. The van der Waals surface area contributed by atoms with Crippen molar-refractivity contribution in [3.8, 4) is 0 Å². The summed E-state index contributed by atoms with van der Waals surface area (Å²) in [7, 11) is 0. The molecular formula is C13H13ClN2O. The van der Waals surface area contributed by atoms with Crippen LogP contribution in [0.25, 0.3) is 10.9 Å². The predicted octanol–water partition coefficient (Wildman–Crippen LogP) is 2.94. The van der Waals surface area contributed by atoms with Crippen molar-refractivity contribution >= 4 is 22.5 Å². The molecule has 3 rings (SSSR count). The molecule has 1 unspecified atom stereocenters. The molecule has 2 aromatic heterocycles. The lowest BCUT2D eigenvalue weighted by atomic mass is 10.2. The average Bonchev–Trinajstić information content (AvgIpc) is 2.94. The van der Waals surface area contributed by atoms with Gasteiger partial charge in [-0.25, -0.2) is 4.98 Å². The normalized spacial score (nSPS) is 19.9. The Morgan fingerprint density at radius 2 is 2.35 bits per heavy atom. The van der Waals surface area contributed by atoms with Gasteiger partial charge in [0.15, 0.2) is 0 Å². The number of fused-ring (bicyclic) bond motifs is 1. The Morgan fingerprint density at radius 1 is 1.47 bits per heavy atom. The van der Waals surface area contributed by atoms with E-state index in [1.807, 2.05) is 18.3 Å². The van der Waals surface area contributed by atoms with Crippen molar-refractivity contribution in [2.24, 2.45) is 0 Å². The fourth-order valence-electron chi connectivity index (χ4n) is 2.47. The van der Waals surface area contributed by atoms with Gasteiger partial charge in [0.25, 0.3) is 0 Å². The van der Waals surface area contributed by atoms with Crippen LogP contribution in [0.3, 0.4) is 0 Å². The molecule has 0 spiro atoms. The average molecular weight is 249 g/mol. The van der Waals surface area contributed by atoms with Crippen molar-refractivity contribution in [1.29, 1.82) is 0 Å². The second-order valence-electron chi connectivity index (χ2n) is 4.35. The number of aromatic nitrogens is 2. The lowest BCUT2D eigenvalue weighted by Crippen LogP contribution is -2.01. The maximum Gasteiger partial charge on any atom is 0.138 e. The maximum atomic E-state index is 9.13. The molecule has 1 atom stereocenters. The van der Waals surface area contributed by atoms with E-state index in [1.165, 1.54) is 0 Å². The van der Waals surface area contributed by atoms with E-state index in [1.54, 1.807) is 6.20 Å². The first-order valence-electron chi connectivity index (χ1n) is 5.71. The van der Waals surface area contributed by atoms with Gasteiger partial charge in [-0.05, 0) is 30.5 Å². The third-order valence-corrected chi connectivity index (χ3v) is 3.65. The van der Waals surface area contributed by atoms with E-state index in [2.05, 4.69) is 15.6 Å². The number of allylic oxidation sites excluding steroid dienone is 1. The standard InChI is InChI=1S/C13H13ClN2O/c14-13-11-4-6-16(12(11)3-5-15-13)10-2-1-9(7-10)8-17/h3-7,10,17H,1-2,8H2. The Morgan fingerprint density at radius 3 is 3.12 bits per heavy atom. The molecule has 88 valence electrons. The number of hydrogen-bond acceptors (Lipinski definition) is 2. The minimum atomic E-state index is 0.165. The molecule has 0 amide bonds. The third kappa shape index (κ3) is 1.75. The molecule has 17 heavy (non-hydrogen) atoms. The van der Waals surface area contributed by atoms with Gasteiger partial charge in [0.1, 0.15) is 5.15 Å². The highest BCUT2D eigenvalue weighted by atomic mass is 35.5. The summed E-state index contributed by atoms with van der Waals surface area (Å²) in [6.45, 7) is 0.165. The lowest BCUT2D eigenvalue weighted by molar-refractivity contribution is 0.328. The fourth-order valence-corrected chi connectivity index (χ4v) is 2.68. The highest BCUT2D eigenvalue weighted by molar-refractivity contribution is 6.34. The molecule has 2 heterocycles.